The molecule has 0 aromatic carbocycles. The molecule has 0 heterocycles. The van der Waals surface area contributed by atoms with Gasteiger partial charge in [0.1, 0.15) is 0 Å². The van der Waals surface area contributed by atoms with Crippen LogP contribution in [0.15, 0.2) is 0 Å². The van der Waals surface area contributed by atoms with Crippen LogP contribution in [0, 0.1) is 0 Å². The van der Waals surface area contributed by atoms with Gasteiger partial charge in [0.2, 0.25) is 0 Å². The van der Waals surface area contributed by atoms with Crippen molar-refractivity contribution in [3.63, 3.8) is 0 Å². The molecular weight excluding hydrogens is 449 g/mol. The first-order chi connectivity index (χ1) is 7.83. The van der Waals surface area contributed by atoms with Gasteiger partial charge in [0.25, 0.3) is 0 Å². The summed E-state index contributed by atoms with van der Waals surface area (Å²) in [6.45, 7) is -0.329. The first-order valence-corrected chi connectivity index (χ1v) is 10.2. The van der Waals surface area contributed by atoms with E-state index in [1.54, 1.807) is 0 Å². The lowest BCUT2D eigenvalue weighted by Gasteiger charge is -2.16. The Kier molecular flexibility index (Phi) is 7.96. The molecule has 0 bridgehead atoms. The molecule has 0 saturated carbocycles. The molecule has 0 radical (unpaired) electrons. The third-order valence-corrected chi connectivity index (χ3v) is 5.76. The van der Waals surface area contributed by atoms with Crippen molar-refractivity contribution >= 4 is 55.3 Å². The minimum atomic E-state index is -5.42. The molecular formula is C3H9Br2O10P3. The highest BCUT2D eigenvalue weighted by molar-refractivity contribution is 9.24. The molecule has 0 aliphatic heterocycles. The molecule has 0 amide bonds. The van der Waals surface area contributed by atoms with Crippen molar-refractivity contribution in [2.45, 2.75) is 10.2 Å². The van der Waals surface area contributed by atoms with E-state index in [-0.39, 0.29) is 16.8 Å². The molecule has 110 valence electrons. The van der Waals surface area contributed by atoms with E-state index in [2.05, 4.69) is 45.0 Å². The van der Waals surface area contributed by atoms with Gasteiger partial charge in [-0.05, 0) is 6.42 Å². The van der Waals surface area contributed by atoms with Gasteiger partial charge in [-0.1, -0.05) is 31.9 Å². The first kappa shape index (κ1) is 19.4. The van der Waals surface area contributed by atoms with Crippen LogP contribution >= 0.6 is 55.3 Å². The van der Waals surface area contributed by atoms with Crippen molar-refractivity contribution < 1.29 is 46.4 Å². The topological polar surface area (TPSA) is 160 Å². The molecule has 0 aromatic heterocycles. The second-order valence-electron chi connectivity index (χ2n) is 2.60. The van der Waals surface area contributed by atoms with Crippen LogP contribution in [-0.2, 0) is 26.8 Å². The lowest BCUT2D eigenvalue weighted by molar-refractivity contribution is 0.172. The summed E-state index contributed by atoms with van der Waals surface area (Å²) in [7, 11) is -15.8. The molecule has 0 rings (SSSR count). The first-order valence-electron chi connectivity index (χ1n) is 3.89. The summed E-state index contributed by atoms with van der Waals surface area (Å²) in [6, 6.07) is 0. The third-order valence-electron chi connectivity index (χ3n) is 1.01. The maximum Gasteiger partial charge on any atom is 0.490 e. The predicted molar refractivity (Wildman–Crippen MR) is 66.1 cm³/mol. The van der Waals surface area contributed by atoms with Crippen LogP contribution in [0.2, 0.25) is 0 Å². The summed E-state index contributed by atoms with van der Waals surface area (Å²) >= 11 is 6.07. The quantitative estimate of drug-likeness (QED) is 0.312. The van der Waals surface area contributed by atoms with Gasteiger partial charge in [-0.2, -0.15) is 8.62 Å². The van der Waals surface area contributed by atoms with Crippen LogP contribution in [0.25, 0.3) is 0 Å². The highest BCUT2D eigenvalue weighted by Crippen LogP contribution is 2.66. The summed E-state index contributed by atoms with van der Waals surface area (Å²) in [5.74, 6) is 0. The highest BCUT2D eigenvalue weighted by atomic mass is 79.9. The maximum absolute atomic E-state index is 11.1. The summed E-state index contributed by atoms with van der Waals surface area (Å²) in [5, 5.41) is 0. The zero-order chi connectivity index (χ0) is 14.6. The van der Waals surface area contributed by atoms with Gasteiger partial charge in [-0.25, -0.2) is 13.7 Å². The van der Waals surface area contributed by atoms with Crippen molar-refractivity contribution in [1.82, 2.24) is 0 Å². The Bertz CT molecular complexity index is 403. The van der Waals surface area contributed by atoms with Crippen LogP contribution in [-0.4, -0.2) is 29.9 Å². The summed E-state index contributed by atoms with van der Waals surface area (Å²) in [5.41, 5.74) is 0. The highest BCUT2D eigenvalue weighted by Gasteiger charge is 2.40. The summed E-state index contributed by atoms with van der Waals surface area (Å²) in [4.78, 5) is 34.3. The Balaban J connectivity index is 4.43. The Morgan fingerprint density at radius 2 is 1.44 bits per heavy atom. The van der Waals surface area contributed by atoms with Crippen LogP contribution in [0.5, 0.6) is 0 Å². The van der Waals surface area contributed by atoms with E-state index in [0.29, 0.717) is 0 Å². The predicted octanol–water partition coefficient (Wildman–Crippen LogP) is 1.84. The molecule has 10 nitrogen and oxygen atoms in total. The van der Waals surface area contributed by atoms with E-state index >= 15 is 0 Å². The number of phosphoric acid groups is 3. The molecule has 18 heavy (non-hydrogen) atoms. The van der Waals surface area contributed by atoms with E-state index in [1.807, 2.05) is 0 Å². The van der Waals surface area contributed by atoms with E-state index in [1.165, 1.54) is 0 Å². The van der Waals surface area contributed by atoms with E-state index in [9.17, 15) is 13.7 Å². The Hall–Kier alpha value is 1.37. The zero-order valence-corrected chi connectivity index (χ0v) is 14.2. The van der Waals surface area contributed by atoms with Crippen molar-refractivity contribution in [2.24, 2.45) is 0 Å². The van der Waals surface area contributed by atoms with Gasteiger partial charge in [-0.15, -0.1) is 0 Å². The molecule has 0 saturated heterocycles. The molecule has 0 aliphatic carbocycles. The average molecular weight is 458 g/mol. The Morgan fingerprint density at radius 3 is 1.83 bits per heavy atom. The van der Waals surface area contributed by atoms with Crippen molar-refractivity contribution in [2.75, 3.05) is 6.61 Å². The number of phosphoric ester groups is 1. The number of hydrogen-bond acceptors (Lipinski definition) is 6. The van der Waals surface area contributed by atoms with Gasteiger partial charge < -0.3 is 19.6 Å². The molecule has 4 N–H and O–H groups in total. The lowest BCUT2D eigenvalue weighted by atomic mass is 10.5. The van der Waals surface area contributed by atoms with E-state index in [0.717, 1.165) is 0 Å². The van der Waals surface area contributed by atoms with Crippen LogP contribution in [0.4, 0.5) is 0 Å². The molecule has 2 atom stereocenters. The second-order valence-corrected chi connectivity index (χ2v) is 10.5. The van der Waals surface area contributed by atoms with Gasteiger partial charge >= 0.3 is 23.5 Å². The van der Waals surface area contributed by atoms with E-state index in [4.69, 9.17) is 19.6 Å². The monoisotopic (exact) mass is 456 g/mol. The fourth-order valence-corrected chi connectivity index (χ4v) is 3.96. The van der Waals surface area contributed by atoms with Gasteiger partial charge in [0.05, 0.1) is 10.3 Å². The number of hydrogen-bond donors (Lipinski definition) is 4. The maximum atomic E-state index is 11.1. The molecule has 0 aromatic rings. The van der Waals surface area contributed by atoms with E-state index < -0.39 is 23.5 Å². The Morgan fingerprint density at radius 1 is 0.944 bits per heavy atom. The SMILES string of the molecule is O=P(O)(O)OP(=O)(O)OP(=O)(O)OCCC(Br)Br. The largest absolute Gasteiger partial charge is 0.490 e. The second kappa shape index (κ2) is 7.40. The standard InChI is InChI=1S/C3H9Br2O10P3/c4-3(5)1-2-13-17(9,10)15-18(11,12)14-16(6,7)8/h3H,1-2H2,(H,9,10)(H,11,12)(H2,6,7,8). The van der Waals surface area contributed by atoms with Crippen LogP contribution in [0.1, 0.15) is 6.42 Å². The lowest BCUT2D eigenvalue weighted by Crippen LogP contribution is -2.00. The minimum absolute atomic E-state index is 0.211. The van der Waals surface area contributed by atoms with Crippen molar-refractivity contribution in [3.8, 4) is 0 Å². The van der Waals surface area contributed by atoms with Crippen molar-refractivity contribution in [1.29, 1.82) is 0 Å². The van der Waals surface area contributed by atoms with Gasteiger partial charge in [0, 0.05) is 0 Å². The van der Waals surface area contributed by atoms with Gasteiger partial charge in [0.15, 0.2) is 0 Å². The molecule has 0 aliphatic rings. The van der Waals surface area contributed by atoms with Crippen LogP contribution in [0.3, 0.4) is 0 Å². The fraction of sp³-hybridized carbons (Fsp3) is 1.00. The average Bonchev–Trinajstić information content (AvgIpc) is 1.93. The number of halogens is 2. The normalized spacial score (nSPS) is 19.5. The Labute approximate surface area is 118 Å². The summed E-state index contributed by atoms with van der Waals surface area (Å²) < 4.78 is 43.3. The zero-order valence-electron chi connectivity index (χ0n) is 8.33. The molecule has 0 fully saturated rings. The molecule has 0 spiro atoms. The number of alkyl halides is 2. The smallest absolute Gasteiger partial charge is 0.302 e. The summed E-state index contributed by atoms with van der Waals surface area (Å²) in [6.07, 6.45) is 0.211. The fourth-order valence-electron chi connectivity index (χ4n) is 0.560. The van der Waals surface area contributed by atoms with Crippen LogP contribution < -0.4 is 0 Å². The third kappa shape index (κ3) is 11.2. The van der Waals surface area contributed by atoms with Crippen molar-refractivity contribution in [3.05, 3.63) is 0 Å². The molecule has 2 unspecified atom stereocenters. The molecule has 15 heteroatoms. The van der Waals surface area contributed by atoms with Gasteiger partial charge in [-0.3, -0.25) is 4.52 Å². The number of rotatable bonds is 8. The minimum Gasteiger partial charge on any atom is -0.302 e.